The van der Waals surface area contributed by atoms with Crippen molar-refractivity contribution in [2.24, 2.45) is 7.05 Å². The van der Waals surface area contributed by atoms with Crippen LogP contribution in [0.2, 0.25) is 0 Å². The number of nitrogens with zero attached hydrogens (tertiary/aromatic N) is 3. The van der Waals surface area contributed by atoms with Crippen molar-refractivity contribution < 1.29 is 4.39 Å². The molecule has 0 amide bonds. The van der Waals surface area contributed by atoms with Gasteiger partial charge in [-0.1, -0.05) is 0 Å². The maximum atomic E-state index is 14.1. The van der Waals surface area contributed by atoms with Gasteiger partial charge < -0.3 is 10.2 Å². The Hall–Kier alpha value is -2.04. The standard InChI is InChI=1S/C15H19FN4/c1-19-11-12(10-18-19)9-17-13-4-5-15(14(16)8-13)20-6-2-3-7-20/h4-5,8,10-11,17H,2-3,6-7,9H2,1H3. The van der Waals surface area contributed by atoms with Crippen molar-refractivity contribution in [2.45, 2.75) is 19.4 Å². The average Bonchev–Trinajstić information content (AvgIpc) is 3.08. The Morgan fingerprint density at radius 1 is 1.30 bits per heavy atom. The molecule has 106 valence electrons. The van der Waals surface area contributed by atoms with Crippen LogP contribution in [0.15, 0.2) is 30.6 Å². The van der Waals surface area contributed by atoms with Crippen molar-refractivity contribution in [1.29, 1.82) is 0 Å². The molecule has 1 aromatic heterocycles. The van der Waals surface area contributed by atoms with E-state index in [9.17, 15) is 4.39 Å². The third-order valence-electron chi connectivity index (χ3n) is 3.65. The van der Waals surface area contributed by atoms with Gasteiger partial charge in [0.2, 0.25) is 0 Å². The number of hydrogen-bond acceptors (Lipinski definition) is 3. The average molecular weight is 274 g/mol. The van der Waals surface area contributed by atoms with E-state index in [0.717, 1.165) is 42.9 Å². The van der Waals surface area contributed by atoms with Crippen molar-refractivity contribution in [3.63, 3.8) is 0 Å². The predicted octanol–water partition coefficient (Wildman–Crippen LogP) is 2.77. The van der Waals surface area contributed by atoms with Gasteiger partial charge in [0.1, 0.15) is 5.82 Å². The fourth-order valence-corrected chi connectivity index (χ4v) is 2.60. The van der Waals surface area contributed by atoms with Crippen LogP contribution in [0.5, 0.6) is 0 Å². The third-order valence-corrected chi connectivity index (χ3v) is 3.65. The number of rotatable bonds is 4. The Labute approximate surface area is 118 Å². The highest BCUT2D eigenvalue weighted by Crippen LogP contribution is 2.26. The predicted molar refractivity (Wildman–Crippen MR) is 78.4 cm³/mol. The van der Waals surface area contributed by atoms with E-state index < -0.39 is 0 Å². The number of anilines is 2. The highest BCUT2D eigenvalue weighted by Gasteiger charge is 2.16. The molecule has 0 aliphatic carbocycles. The van der Waals surface area contributed by atoms with Crippen LogP contribution >= 0.6 is 0 Å². The summed E-state index contributed by atoms with van der Waals surface area (Å²) in [4.78, 5) is 2.11. The molecule has 3 rings (SSSR count). The first-order chi connectivity index (χ1) is 9.72. The lowest BCUT2D eigenvalue weighted by Crippen LogP contribution is -2.18. The van der Waals surface area contributed by atoms with Crippen LogP contribution in [0.3, 0.4) is 0 Å². The van der Waals surface area contributed by atoms with Crippen molar-refractivity contribution in [3.8, 4) is 0 Å². The second-order valence-corrected chi connectivity index (χ2v) is 5.24. The van der Waals surface area contributed by atoms with Gasteiger partial charge in [0, 0.05) is 44.1 Å². The zero-order chi connectivity index (χ0) is 13.9. The fraction of sp³-hybridized carbons (Fsp3) is 0.400. The molecule has 1 N–H and O–H groups in total. The molecule has 20 heavy (non-hydrogen) atoms. The van der Waals surface area contributed by atoms with E-state index in [1.807, 2.05) is 31.6 Å². The molecule has 0 spiro atoms. The summed E-state index contributed by atoms with van der Waals surface area (Å²) in [6.45, 7) is 2.56. The van der Waals surface area contributed by atoms with Crippen LogP contribution in [0.4, 0.5) is 15.8 Å². The van der Waals surface area contributed by atoms with Crippen LogP contribution in [0.25, 0.3) is 0 Å². The monoisotopic (exact) mass is 274 g/mol. The van der Waals surface area contributed by atoms with Gasteiger partial charge in [-0.25, -0.2) is 4.39 Å². The summed E-state index contributed by atoms with van der Waals surface area (Å²) in [5, 5.41) is 7.33. The summed E-state index contributed by atoms with van der Waals surface area (Å²) in [5.74, 6) is -0.150. The van der Waals surface area contributed by atoms with E-state index >= 15 is 0 Å². The van der Waals surface area contributed by atoms with E-state index in [1.54, 1.807) is 10.7 Å². The molecule has 1 aliphatic heterocycles. The zero-order valence-corrected chi connectivity index (χ0v) is 11.6. The smallest absolute Gasteiger partial charge is 0.148 e. The van der Waals surface area contributed by atoms with Gasteiger partial charge in [-0.3, -0.25) is 4.68 Å². The molecule has 4 nitrogen and oxygen atoms in total. The molecular formula is C15H19FN4. The first-order valence-electron chi connectivity index (χ1n) is 6.98. The highest BCUT2D eigenvalue weighted by molar-refractivity contribution is 5.56. The van der Waals surface area contributed by atoms with Gasteiger partial charge in [-0.2, -0.15) is 5.10 Å². The van der Waals surface area contributed by atoms with E-state index in [-0.39, 0.29) is 5.82 Å². The Bertz CT molecular complexity index is 587. The second kappa shape index (κ2) is 5.53. The molecule has 2 heterocycles. The van der Waals surface area contributed by atoms with E-state index in [0.29, 0.717) is 6.54 Å². The largest absolute Gasteiger partial charge is 0.381 e. The number of hydrogen-bond donors (Lipinski definition) is 1. The lowest BCUT2D eigenvalue weighted by molar-refractivity contribution is 0.623. The van der Waals surface area contributed by atoms with Crippen LogP contribution in [0.1, 0.15) is 18.4 Å². The van der Waals surface area contributed by atoms with Crippen LogP contribution in [-0.4, -0.2) is 22.9 Å². The lowest BCUT2D eigenvalue weighted by atomic mass is 10.2. The number of nitrogens with one attached hydrogen (secondary N) is 1. The summed E-state index contributed by atoms with van der Waals surface area (Å²) in [6.07, 6.45) is 6.06. The molecule has 0 bridgehead atoms. The van der Waals surface area contributed by atoms with Crippen LogP contribution < -0.4 is 10.2 Å². The maximum absolute atomic E-state index is 14.1. The van der Waals surface area contributed by atoms with Gasteiger partial charge in [-0.15, -0.1) is 0 Å². The third kappa shape index (κ3) is 2.76. The molecule has 1 aliphatic rings. The zero-order valence-electron chi connectivity index (χ0n) is 11.6. The maximum Gasteiger partial charge on any atom is 0.148 e. The molecule has 0 unspecified atom stereocenters. The van der Waals surface area contributed by atoms with Gasteiger partial charge in [-0.05, 0) is 31.0 Å². The molecular weight excluding hydrogens is 255 g/mol. The Morgan fingerprint density at radius 2 is 2.10 bits per heavy atom. The topological polar surface area (TPSA) is 33.1 Å². The summed E-state index contributed by atoms with van der Waals surface area (Å²) in [5.41, 5.74) is 2.60. The summed E-state index contributed by atoms with van der Waals surface area (Å²) < 4.78 is 15.9. The van der Waals surface area contributed by atoms with Crippen molar-refractivity contribution >= 4 is 11.4 Å². The SMILES string of the molecule is Cn1cc(CNc2ccc(N3CCCC3)c(F)c2)cn1. The molecule has 0 saturated carbocycles. The Kier molecular flexibility index (Phi) is 3.58. The minimum atomic E-state index is -0.150. The van der Waals surface area contributed by atoms with Crippen molar-refractivity contribution in [3.05, 3.63) is 42.0 Å². The highest BCUT2D eigenvalue weighted by atomic mass is 19.1. The normalized spacial score (nSPS) is 14.8. The molecule has 5 heteroatoms. The quantitative estimate of drug-likeness (QED) is 0.930. The lowest BCUT2D eigenvalue weighted by Gasteiger charge is -2.19. The first-order valence-corrected chi connectivity index (χ1v) is 6.98. The Balaban J connectivity index is 1.67. The number of aromatic nitrogens is 2. The van der Waals surface area contributed by atoms with Crippen LogP contribution in [-0.2, 0) is 13.6 Å². The molecule has 1 fully saturated rings. The van der Waals surface area contributed by atoms with Crippen molar-refractivity contribution in [2.75, 3.05) is 23.3 Å². The van der Waals surface area contributed by atoms with Gasteiger partial charge in [0.25, 0.3) is 0 Å². The molecule has 0 radical (unpaired) electrons. The second-order valence-electron chi connectivity index (χ2n) is 5.24. The number of halogens is 1. The summed E-state index contributed by atoms with van der Waals surface area (Å²) in [6, 6.07) is 5.38. The molecule has 1 saturated heterocycles. The van der Waals surface area contributed by atoms with Crippen LogP contribution in [0, 0.1) is 5.82 Å². The van der Waals surface area contributed by atoms with E-state index in [1.165, 1.54) is 0 Å². The number of benzene rings is 1. The summed E-state index contributed by atoms with van der Waals surface area (Å²) >= 11 is 0. The van der Waals surface area contributed by atoms with Gasteiger partial charge in [0.15, 0.2) is 0 Å². The molecule has 1 aromatic carbocycles. The molecule has 2 aromatic rings. The van der Waals surface area contributed by atoms with Gasteiger partial charge >= 0.3 is 0 Å². The van der Waals surface area contributed by atoms with Crippen molar-refractivity contribution in [1.82, 2.24) is 9.78 Å². The minimum absolute atomic E-state index is 0.150. The van der Waals surface area contributed by atoms with E-state index in [4.69, 9.17) is 0 Å². The van der Waals surface area contributed by atoms with Gasteiger partial charge in [0.05, 0.1) is 11.9 Å². The summed E-state index contributed by atoms with van der Waals surface area (Å²) in [7, 11) is 1.88. The first kappa shape index (κ1) is 13.0. The number of aryl methyl sites for hydroxylation is 1. The fourth-order valence-electron chi connectivity index (χ4n) is 2.60. The molecule has 0 atom stereocenters. The minimum Gasteiger partial charge on any atom is -0.381 e. The van der Waals surface area contributed by atoms with E-state index in [2.05, 4.69) is 15.3 Å². The Morgan fingerprint density at radius 3 is 2.75 bits per heavy atom.